The first kappa shape index (κ1) is 27.0. The molecule has 3 heterocycles. The third-order valence-electron chi connectivity index (χ3n) is 7.56. The van der Waals surface area contributed by atoms with E-state index < -0.39 is 5.82 Å². The highest BCUT2D eigenvalue weighted by atomic mass is 19.1. The Balaban J connectivity index is 1.25. The van der Waals surface area contributed by atoms with Crippen LogP contribution in [0.5, 0.6) is 0 Å². The van der Waals surface area contributed by atoms with Gasteiger partial charge in [0, 0.05) is 41.3 Å². The molecule has 3 aliphatic heterocycles. The summed E-state index contributed by atoms with van der Waals surface area (Å²) < 4.78 is 33.1. The van der Waals surface area contributed by atoms with E-state index in [-0.39, 0.29) is 61.9 Å². The minimum absolute atomic E-state index is 0.0103. The van der Waals surface area contributed by atoms with Gasteiger partial charge in [0.25, 0.3) is 0 Å². The summed E-state index contributed by atoms with van der Waals surface area (Å²) in [5.74, 6) is -1.20. The van der Waals surface area contributed by atoms with Gasteiger partial charge >= 0.3 is 0 Å². The summed E-state index contributed by atoms with van der Waals surface area (Å²) in [5.41, 5.74) is 2.80. The Kier molecular flexibility index (Phi) is 8.38. The molecule has 0 aromatic heterocycles. The number of carbonyl (C=O) groups excluding carboxylic acids is 3. The Labute approximate surface area is 226 Å². The van der Waals surface area contributed by atoms with Crippen LogP contribution in [0.25, 0.3) is 0 Å². The molecule has 2 aromatic carbocycles. The second-order valence-corrected chi connectivity index (χ2v) is 10.3. The molecule has 9 heteroatoms. The molecule has 0 atom stereocenters. The van der Waals surface area contributed by atoms with Gasteiger partial charge < -0.3 is 9.64 Å². The molecule has 0 radical (unpaired) electrons. The van der Waals surface area contributed by atoms with E-state index >= 15 is 0 Å². The van der Waals surface area contributed by atoms with Crippen LogP contribution in [0.1, 0.15) is 41.6 Å². The molecule has 0 saturated carbocycles. The van der Waals surface area contributed by atoms with Crippen molar-refractivity contribution in [2.24, 2.45) is 10.9 Å². The number of rotatable bonds is 8. The van der Waals surface area contributed by atoms with Crippen LogP contribution in [0.4, 0.5) is 8.78 Å². The number of likely N-dealkylation sites (tertiary alicyclic amines) is 1. The van der Waals surface area contributed by atoms with Crippen LogP contribution < -0.4 is 0 Å². The number of amides is 1. The number of benzene rings is 2. The lowest BCUT2D eigenvalue weighted by molar-refractivity contribution is -0.132. The van der Waals surface area contributed by atoms with Crippen LogP contribution in [0.2, 0.25) is 0 Å². The first-order chi connectivity index (χ1) is 18.9. The molecule has 2 aromatic rings. The van der Waals surface area contributed by atoms with Crippen molar-refractivity contribution in [3.05, 3.63) is 82.6 Å². The molecule has 5 rings (SSSR count). The Bertz CT molecular complexity index is 1310. The van der Waals surface area contributed by atoms with Crippen molar-refractivity contribution < 1.29 is 27.9 Å². The minimum Gasteiger partial charge on any atom is -0.376 e. The molecule has 1 saturated heterocycles. The van der Waals surface area contributed by atoms with Crippen LogP contribution in [0, 0.1) is 17.6 Å². The second kappa shape index (κ2) is 12.1. The van der Waals surface area contributed by atoms with E-state index in [1.807, 2.05) is 4.90 Å². The average Bonchev–Trinajstić information content (AvgIpc) is 2.94. The Morgan fingerprint density at radius 1 is 1.03 bits per heavy atom. The number of Topliss-reactive ketones (excluding diaryl/α,β-unsaturated/α-hetero) is 2. The zero-order valence-corrected chi connectivity index (χ0v) is 21.7. The van der Waals surface area contributed by atoms with Crippen LogP contribution in [0.15, 0.2) is 64.8 Å². The molecule has 204 valence electrons. The number of halogens is 2. The first-order valence-electron chi connectivity index (χ1n) is 13.3. The van der Waals surface area contributed by atoms with Gasteiger partial charge in [0.05, 0.1) is 38.4 Å². The maximum absolute atomic E-state index is 14.5. The van der Waals surface area contributed by atoms with Gasteiger partial charge in [-0.05, 0) is 56.3 Å². The number of ketones is 2. The fourth-order valence-electron chi connectivity index (χ4n) is 5.33. The van der Waals surface area contributed by atoms with Crippen molar-refractivity contribution in [3.8, 4) is 0 Å². The summed E-state index contributed by atoms with van der Waals surface area (Å²) in [4.78, 5) is 47.3. The SMILES string of the molecule is O=C1CC(CN(Cc2ccccc2F)C(=O)CN2CCC(C(=O)c3ccc(F)cc3)CC2)=NC2=C1COCC2. The van der Waals surface area contributed by atoms with E-state index in [1.165, 1.54) is 30.3 Å². The molecular formula is C30H31F2N3O4. The summed E-state index contributed by atoms with van der Waals surface area (Å²) in [6.45, 7) is 2.21. The lowest BCUT2D eigenvalue weighted by Crippen LogP contribution is -2.46. The van der Waals surface area contributed by atoms with Gasteiger partial charge in [-0.25, -0.2) is 8.78 Å². The summed E-state index contributed by atoms with van der Waals surface area (Å²) in [6, 6.07) is 11.9. The van der Waals surface area contributed by atoms with Crippen LogP contribution >= 0.6 is 0 Å². The number of piperidine rings is 1. The summed E-state index contributed by atoms with van der Waals surface area (Å²) >= 11 is 0. The fourth-order valence-corrected chi connectivity index (χ4v) is 5.33. The summed E-state index contributed by atoms with van der Waals surface area (Å²) in [5, 5.41) is 0. The van der Waals surface area contributed by atoms with Gasteiger partial charge in [-0.1, -0.05) is 18.2 Å². The standard InChI is InChI=1S/C30H31F2N3O4/c31-23-7-5-20(6-8-23)30(38)21-9-12-34(13-10-21)18-29(37)35(16-22-3-1-2-4-26(22)32)17-24-15-28(36)25-19-39-14-11-27(25)33-24/h1-8,21H,9-19H2. The maximum atomic E-state index is 14.5. The van der Waals surface area contributed by atoms with E-state index in [4.69, 9.17) is 4.74 Å². The second-order valence-electron chi connectivity index (χ2n) is 10.3. The number of hydrogen-bond acceptors (Lipinski definition) is 6. The highest BCUT2D eigenvalue weighted by molar-refractivity contribution is 6.13. The molecule has 0 N–H and O–H groups in total. The predicted molar refractivity (Wildman–Crippen MR) is 141 cm³/mol. The summed E-state index contributed by atoms with van der Waals surface area (Å²) in [6.07, 6.45) is 1.85. The number of aliphatic imine (C=N–C) groups is 1. The third-order valence-corrected chi connectivity index (χ3v) is 7.56. The Morgan fingerprint density at radius 3 is 2.51 bits per heavy atom. The zero-order valence-electron chi connectivity index (χ0n) is 21.7. The topological polar surface area (TPSA) is 79.3 Å². The molecule has 0 spiro atoms. The van der Waals surface area contributed by atoms with Gasteiger partial charge in [-0.2, -0.15) is 0 Å². The maximum Gasteiger partial charge on any atom is 0.237 e. The molecule has 0 bridgehead atoms. The van der Waals surface area contributed by atoms with Crippen LogP contribution in [-0.4, -0.2) is 72.4 Å². The normalized spacial score (nSPS) is 18.5. The molecule has 0 unspecified atom stereocenters. The van der Waals surface area contributed by atoms with Crippen molar-refractivity contribution in [2.75, 3.05) is 39.4 Å². The number of hydrogen-bond donors (Lipinski definition) is 0. The minimum atomic E-state index is -0.397. The predicted octanol–water partition coefficient (Wildman–Crippen LogP) is 3.98. The van der Waals surface area contributed by atoms with Gasteiger partial charge in [-0.3, -0.25) is 24.3 Å². The van der Waals surface area contributed by atoms with Gasteiger partial charge in [0.1, 0.15) is 11.6 Å². The quantitative estimate of drug-likeness (QED) is 0.478. The van der Waals surface area contributed by atoms with Crippen molar-refractivity contribution in [2.45, 2.75) is 32.2 Å². The van der Waals surface area contributed by atoms with E-state index in [0.29, 0.717) is 61.4 Å². The zero-order chi connectivity index (χ0) is 27.4. The van der Waals surface area contributed by atoms with E-state index in [1.54, 1.807) is 23.1 Å². The van der Waals surface area contributed by atoms with Gasteiger partial charge in [0.2, 0.25) is 5.91 Å². The molecule has 1 amide bonds. The summed E-state index contributed by atoms with van der Waals surface area (Å²) in [7, 11) is 0. The Morgan fingerprint density at radius 2 is 1.77 bits per heavy atom. The smallest absolute Gasteiger partial charge is 0.237 e. The first-order valence-corrected chi connectivity index (χ1v) is 13.3. The number of ether oxygens (including phenoxy) is 1. The van der Waals surface area contributed by atoms with E-state index in [2.05, 4.69) is 4.99 Å². The fraction of sp³-hybridized carbons (Fsp3) is 0.400. The van der Waals surface area contributed by atoms with Gasteiger partial charge in [0.15, 0.2) is 11.6 Å². The van der Waals surface area contributed by atoms with Crippen molar-refractivity contribution in [1.29, 1.82) is 0 Å². The molecule has 7 nitrogen and oxygen atoms in total. The van der Waals surface area contributed by atoms with Gasteiger partial charge in [-0.15, -0.1) is 0 Å². The average molecular weight is 536 g/mol. The third kappa shape index (κ3) is 6.54. The van der Waals surface area contributed by atoms with E-state index in [0.717, 1.165) is 5.70 Å². The largest absolute Gasteiger partial charge is 0.376 e. The number of nitrogens with zero attached hydrogens (tertiary/aromatic N) is 3. The molecular weight excluding hydrogens is 504 g/mol. The van der Waals surface area contributed by atoms with Crippen LogP contribution in [-0.2, 0) is 20.9 Å². The molecule has 39 heavy (non-hydrogen) atoms. The lowest BCUT2D eigenvalue weighted by Gasteiger charge is -2.33. The van der Waals surface area contributed by atoms with Crippen molar-refractivity contribution in [3.63, 3.8) is 0 Å². The van der Waals surface area contributed by atoms with Crippen molar-refractivity contribution in [1.82, 2.24) is 9.80 Å². The van der Waals surface area contributed by atoms with E-state index in [9.17, 15) is 23.2 Å². The molecule has 3 aliphatic rings. The molecule has 0 aliphatic carbocycles. The highest BCUT2D eigenvalue weighted by Crippen LogP contribution is 2.25. The van der Waals surface area contributed by atoms with Crippen molar-refractivity contribution >= 4 is 23.2 Å². The number of carbonyl (C=O) groups is 3. The monoisotopic (exact) mass is 535 g/mol. The highest BCUT2D eigenvalue weighted by Gasteiger charge is 2.30. The molecule has 1 fully saturated rings. The Hall–Kier alpha value is -3.56. The van der Waals surface area contributed by atoms with Crippen LogP contribution in [0.3, 0.4) is 0 Å². The lowest BCUT2D eigenvalue weighted by atomic mass is 9.89.